The maximum Gasteiger partial charge on any atom is 0.137 e. The number of aromatic nitrogens is 1. The molecule has 0 spiro atoms. The quantitative estimate of drug-likeness (QED) is 0.776. The molecule has 0 saturated carbocycles. The molecule has 2 heterocycles. The van der Waals surface area contributed by atoms with E-state index in [0.717, 1.165) is 19.5 Å². The fraction of sp³-hybridized carbons (Fsp3) is 0.478. The highest BCUT2D eigenvalue weighted by Gasteiger charge is 2.25. The second-order valence-electron chi connectivity index (χ2n) is 8.78. The number of fused-ring (bicyclic) bond motifs is 1. The van der Waals surface area contributed by atoms with Crippen LogP contribution in [0.3, 0.4) is 0 Å². The number of hydrogen-bond acceptors (Lipinski definition) is 3. The lowest BCUT2D eigenvalue weighted by Gasteiger charge is -2.22. The van der Waals surface area contributed by atoms with Crippen LogP contribution in [-0.4, -0.2) is 17.3 Å². The lowest BCUT2D eigenvalue weighted by Crippen LogP contribution is -2.20. The molecule has 0 N–H and O–H groups in total. The Kier molecular flexibility index (Phi) is 5.17. The fourth-order valence-electron chi connectivity index (χ4n) is 4.01. The Labute approximate surface area is 157 Å². The summed E-state index contributed by atoms with van der Waals surface area (Å²) in [5, 5.41) is 0. The second kappa shape index (κ2) is 7.22. The van der Waals surface area contributed by atoms with Gasteiger partial charge in [-0.1, -0.05) is 26.8 Å². The van der Waals surface area contributed by atoms with Crippen molar-refractivity contribution in [3.63, 3.8) is 0 Å². The Hall–Kier alpha value is -2.16. The van der Waals surface area contributed by atoms with Gasteiger partial charge in [0.25, 0.3) is 0 Å². The molecule has 3 nitrogen and oxygen atoms in total. The summed E-state index contributed by atoms with van der Waals surface area (Å²) in [6, 6.07) is 6.41. The van der Waals surface area contributed by atoms with Gasteiger partial charge < -0.3 is 4.90 Å². The summed E-state index contributed by atoms with van der Waals surface area (Å²) in [6.07, 6.45) is 6.01. The van der Waals surface area contributed by atoms with Crippen molar-refractivity contribution in [2.24, 2.45) is 5.41 Å². The number of rotatable bonds is 5. The number of pyridine rings is 1. The molecule has 0 radical (unpaired) electrons. The number of aryl methyl sites for hydroxylation is 1. The molecule has 3 heteroatoms. The van der Waals surface area contributed by atoms with Crippen molar-refractivity contribution in [3.8, 4) is 0 Å². The Morgan fingerprint density at radius 1 is 1.27 bits per heavy atom. The van der Waals surface area contributed by atoms with E-state index >= 15 is 0 Å². The molecule has 1 aliphatic rings. The van der Waals surface area contributed by atoms with Gasteiger partial charge in [0.2, 0.25) is 0 Å². The summed E-state index contributed by atoms with van der Waals surface area (Å²) in [5.41, 5.74) is 7.82. The van der Waals surface area contributed by atoms with Gasteiger partial charge in [0, 0.05) is 44.0 Å². The van der Waals surface area contributed by atoms with Crippen molar-refractivity contribution >= 4 is 11.5 Å². The van der Waals surface area contributed by atoms with E-state index in [1.807, 2.05) is 18.5 Å². The average molecular weight is 351 g/mol. The Bertz CT molecular complexity index is 803. The molecule has 26 heavy (non-hydrogen) atoms. The topological polar surface area (TPSA) is 33.2 Å². The minimum absolute atomic E-state index is 0.0517. The van der Waals surface area contributed by atoms with E-state index in [-0.39, 0.29) is 5.41 Å². The van der Waals surface area contributed by atoms with Gasteiger partial charge in [0.1, 0.15) is 5.78 Å². The predicted molar refractivity (Wildman–Crippen MR) is 108 cm³/mol. The largest absolute Gasteiger partial charge is 0.367 e. The van der Waals surface area contributed by atoms with Crippen molar-refractivity contribution in [2.45, 2.75) is 60.4 Å². The summed E-state index contributed by atoms with van der Waals surface area (Å²) < 4.78 is 0. The third-order valence-corrected chi connectivity index (χ3v) is 5.21. The molecule has 0 saturated heterocycles. The van der Waals surface area contributed by atoms with Crippen LogP contribution in [0.1, 0.15) is 55.0 Å². The highest BCUT2D eigenvalue weighted by atomic mass is 16.1. The van der Waals surface area contributed by atoms with Crippen LogP contribution in [0.2, 0.25) is 0 Å². The highest BCUT2D eigenvalue weighted by Crippen LogP contribution is 2.36. The van der Waals surface area contributed by atoms with Gasteiger partial charge >= 0.3 is 0 Å². The number of ketones is 1. The maximum atomic E-state index is 12.5. The number of carbonyl (C=O) groups is 1. The van der Waals surface area contributed by atoms with Crippen molar-refractivity contribution in [1.82, 2.24) is 4.98 Å². The summed E-state index contributed by atoms with van der Waals surface area (Å²) in [4.78, 5) is 19.2. The van der Waals surface area contributed by atoms with E-state index < -0.39 is 0 Å². The summed E-state index contributed by atoms with van der Waals surface area (Å²) in [7, 11) is 0. The smallest absolute Gasteiger partial charge is 0.137 e. The minimum Gasteiger partial charge on any atom is -0.367 e. The zero-order chi connectivity index (χ0) is 18.9. The molecule has 0 amide bonds. The monoisotopic (exact) mass is 350 g/mol. The van der Waals surface area contributed by atoms with Crippen LogP contribution in [-0.2, 0) is 24.2 Å². The van der Waals surface area contributed by atoms with Crippen molar-refractivity contribution in [2.75, 3.05) is 11.4 Å². The number of benzene rings is 1. The molecule has 2 aromatic rings. The molecule has 0 atom stereocenters. The highest BCUT2D eigenvalue weighted by molar-refractivity contribution is 5.83. The molecular weight excluding hydrogens is 320 g/mol. The third kappa shape index (κ3) is 4.14. The van der Waals surface area contributed by atoms with Crippen LogP contribution < -0.4 is 4.90 Å². The fourth-order valence-corrected chi connectivity index (χ4v) is 4.01. The summed E-state index contributed by atoms with van der Waals surface area (Å²) in [5.74, 6) is 0.342. The normalized spacial score (nSPS) is 13.8. The molecule has 0 unspecified atom stereocenters. The first-order chi connectivity index (χ1) is 12.2. The SMILES string of the molecule is Cc1cc2c(c(C)c1CC(=O)CC(C)(C)C)CCN2Cc1cccnc1. The van der Waals surface area contributed by atoms with Crippen LogP contribution in [0.5, 0.6) is 0 Å². The maximum absolute atomic E-state index is 12.5. The van der Waals surface area contributed by atoms with E-state index in [2.05, 4.69) is 56.6 Å². The van der Waals surface area contributed by atoms with Crippen LogP contribution in [0, 0.1) is 19.3 Å². The van der Waals surface area contributed by atoms with E-state index in [0.29, 0.717) is 18.6 Å². The Morgan fingerprint density at radius 3 is 2.69 bits per heavy atom. The molecule has 1 aromatic carbocycles. The number of nitrogens with zero attached hydrogens (tertiary/aromatic N) is 2. The van der Waals surface area contributed by atoms with Crippen molar-refractivity contribution in [1.29, 1.82) is 0 Å². The molecule has 138 valence electrons. The van der Waals surface area contributed by atoms with E-state index in [1.165, 1.54) is 33.5 Å². The van der Waals surface area contributed by atoms with E-state index in [4.69, 9.17) is 0 Å². The van der Waals surface area contributed by atoms with Gasteiger partial charge in [-0.15, -0.1) is 0 Å². The van der Waals surface area contributed by atoms with Crippen LogP contribution in [0.15, 0.2) is 30.6 Å². The van der Waals surface area contributed by atoms with E-state index in [9.17, 15) is 4.79 Å². The minimum atomic E-state index is 0.0517. The molecule has 1 aliphatic heterocycles. The molecule has 0 bridgehead atoms. The standard InChI is InChI=1S/C23H30N2O/c1-16-11-22-20(8-10-25(22)15-18-7-6-9-24-14-18)17(2)21(16)12-19(26)13-23(3,4)5/h6-7,9,11,14H,8,10,12-13,15H2,1-5H3. The van der Waals surface area contributed by atoms with Crippen molar-refractivity contribution < 1.29 is 4.79 Å². The van der Waals surface area contributed by atoms with Gasteiger partial charge in [-0.3, -0.25) is 9.78 Å². The molecule has 0 aliphatic carbocycles. The van der Waals surface area contributed by atoms with E-state index in [1.54, 1.807) is 0 Å². The first-order valence-corrected chi connectivity index (χ1v) is 9.52. The number of hydrogen-bond donors (Lipinski definition) is 0. The first-order valence-electron chi connectivity index (χ1n) is 9.52. The van der Waals surface area contributed by atoms with Crippen LogP contribution in [0.25, 0.3) is 0 Å². The Balaban J connectivity index is 1.83. The zero-order valence-corrected chi connectivity index (χ0v) is 16.7. The van der Waals surface area contributed by atoms with Crippen LogP contribution in [0.4, 0.5) is 5.69 Å². The molecule has 0 fully saturated rings. The predicted octanol–water partition coefficient (Wildman–Crippen LogP) is 4.81. The van der Waals surface area contributed by atoms with Gasteiger partial charge in [-0.25, -0.2) is 0 Å². The summed E-state index contributed by atoms with van der Waals surface area (Å²) >= 11 is 0. The molecular formula is C23H30N2O. The number of anilines is 1. The zero-order valence-electron chi connectivity index (χ0n) is 16.7. The van der Waals surface area contributed by atoms with Crippen molar-refractivity contribution in [3.05, 3.63) is 58.4 Å². The first kappa shape index (κ1) is 18.6. The van der Waals surface area contributed by atoms with Gasteiger partial charge in [-0.2, -0.15) is 0 Å². The summed E-state index contributed by atoms with van der Waals surface area (Å²) in [6.45, 7) is 12.6. The third-order valence-electron chi connectivity index (χ3n) is 5.21. The lowest BCUT2D eigenvalue weighted by molar-refractivity contribution is -0.120. The average Bonchev–Trinajstić information content (AvgIpc) is 2.93. The number of Topliss-reactive ketones (excluding diaryl/α,β-unsaturated/α-hetero) is 1. The van der Waals surface area contributed by atoms with Crippen LogP contribution >= 0.6 is 0 Å². The Morgan fingerprint density at radius 2 is 2.04 bits per heavy atom. The van der Waals surface area contributed by atoms with Gasteiger partial charge in [-0.05, 0) is 65.6 Å². The van der Waals surface area contributed by atoms with Gasteiger partial charge in [0.05, 0.1) is 0 Å². The molecule has 1 aromatic heterocycles. The lowest BCUT2D eigenvalue weighted by atomic mass is 9.86. The number of carbonyl (C=O) groups excluding carboxylic acids is 1. The van der Waals surface area contributed by atoms with Gasteiger partial charge in [0.15, 0.2) is 0 Å². The second-order valence-corrected chi connectivity index (χ2v) is 8.78. The molecule has 3 rings (SSSR count).